The standard InChI is InChI=1S/C18H28N4O3S2/c1-14-13-27-18(19-14)20-16(24)11-21-7-9-22(10-8-21)17(25)6-4-2-3-5-15(23)12-26/h13,26H,2-12H2,1H3,(H,19,20,24). The number of unbranched alkanes of at least 4 members (excludes halogenated alkanes) is 2. The maximum atomic E-state index is 12.3. The van der Waals surface area contributed by atoms with E-state index in [-0.39, 0.29) is 17.6 Å². The first-order valence-electron chi connectivity index (χ1n) is 9.32. The summed E-state index contributed by atoms with van der Waals surface area (Å²) < 4.78 is 0. The van der Waals surface area contributed by atoms with Gasteiger partial charge < -0.3 is 10.2 Å². The van der Waals surface area contributed by atoms with E-state index >= 15 is 0 Å². The summed E-state index contributed by atoms with van der Waals surface area (Å²) in [7, 11) is 0. The number of thiazole rings is 1. The molecule has 1 N–H and O–H groups in total. The molecule has 2 rings (SSSR count). The number of nitrogens with one attached hydrogen (secondary N) is 1. The largest absolute Gasteiger partial charge is 0.340 e. The quantitative estimate of drug-likeness (QED) is 0.454. The van der Waals surface area contributed by atoms with Gasteiger partial charge in [-0.25, -0.2) is 4.98 Å². The lowest BCUT2D eigenvalue weighted by atomic mass is 10.1. The van der Waals surface area contributed by atoms with Crippen LogP contribution < -0.4 is 5.32 Å². The van der Waals surface area contributed by atoms with Crippen LogP contribution in [0.15, 0.2) is 5.38 Å². The summed E-state index contributed by atoms with van der Waals surface area (Å²) in [6, 6.07) is 0. The second-order valence-corrected chi connectivity index (χ2v) is 7.93. The van der Waals surface area contributed by atoms with Gasteiger partial charge in [0.2, 0.25) is 11.8 Å². The van der Waals surface area contributed by atoms with Crippen LogP contribution in [-0.2, 0) is 14.4 Å². The molecule has 0 radical (unpaired) electrons. The number of hydrogen-bond donors (Lipinski definition) is 2. The molecule has 150 valence electrons. The normalized spacial score (nSPS) is 15.0. The highest BCUT2D eigenvalue weighted by Crippen LogP contribution is 2.14. The van der Waals surface area contributed by atoms with E-state index < -0.39 is 0 Å². The summed E-state index contributed by atoms with van der Waals surface area (Å²) in [4.78, 5) is 43.7. The average molecular weight is 413 g/mol. The minimum Gasteiger partial charge on any atom is -0.340 e. The second kappa shape index (κ2) is 11.4. The van der Waals surface area contributed by atoms with Gasteiger partial charge in [0.05, 0.1) is 12.2 Å². The smallest absolute Gasteiger partial charge is 0.240 e. The van der Waals surface area contributed by atoms with Crippen molar-refractivity contribution in [1.29, 1.82) is 0 Å². The van der Waals surface area contributed by atoms with Gasteiger partial charge in [0.1, 0.15) is 5.78 Å². The number of amides is 2. The fourth-order valence-electron chi connectivity index (χ4n) is 2.94. The maximum Gasteiger partial charge on any atom is 0.240 e. The first kappa shape index (κ1) is 21.8. The zero-order valence-corrected chi connectivity index (χ0v) is 17.5. The van der Waals surface area contributed by atoms with E-state index in [1.165, 1.54) is 11.3 Å². The number of aryl methyl sites for hydroxylation is 1. The summed E-state index contributed by atoms with van der Waals surface area (Å²) in [6.07, 6.45) is 3.61. The van der Waals surface area contributed by atoms with Gasteiger partial charge in [-0.15, -0.1) is 11.3 Å². The highest BCUT2D eigenvalue weighted by Gasteiger charge is 2.22. The predicted octanol–water partition coefficient (Wildman–Crippen LogP) is 1.98. The fourth-order valence-corrected chi connectivity index (χ4v) is 3.80. The number of Topliss-reactive ketones (excluding diaryl/α,β-unsaturated/α-hetero) is 1. The van der Waals surface area contributed by atoms with Crippen molar-refractivity contribution in [2.24, 2.45) is 0 Å². The highest BCUT2D eigenvalue weighted by molar-refractivity contribution is 7.81. The van der Waals surface area contributed by atoms with E-state index in [0.29, 0.717) is 56.4 Å². The SMILES string of the molecule is Cc1csc(NC(=O)CN2CCN(C(=O)CCCCCC(=O)CS)CC2)n1. The number of hydrogen-bond acceptors (Lipinski definition) is 7. The summed E-state index contributed by atoms with van der Waals surface area (Å²) in [5.74, 6) is 0.553. The van der Waals surface area contributed by atoms with Gasteiger partial charge in [-0.1, -0.05) is 6.42 Å². The van der Waals surface area contributed by atoms with Crippen molar-refractivity contribution >= 4 is 46.7 Å². The van der Waals surface area contributed by atoms with Crippen molar-refractivity contribution in [2.75, 3.05) is 43.8 Å². The predicted molar refractivity (Wildman–Crippen MR) is 110 cm³/mol. The van der Waals surface area contributed by atoms with Crippen LogP contribution >= 0.6 is 24.0 Å². The lowest BCUT2D eigenvalue weighted by molar-refractivity contribution is -0.133. The Morgan fingerprint density at radius 3 is 2.48 bits per heavy atom. The molecule has 0 atom stereocenters. The van der Waals surface area contributed by atoms with Crippen molar-refractivity contribution in [3.63, 3.8) is 0 Å². The minimum absolute atomic E-state index is 0.0695. The van der Waals surface area contributed by atoms with Gasteiger partial charge in [0.25, 0.3) is 0 Å². The van der Waals surface area contributed by atoms with E-state index in [0.717, 1.165) is 25.0 Å². The number of rotatable bonds is 10. The van der Waals surface area contributed by atoms with Crippen LogP contribution in [0.4, 0.5) is 5.13 Å². The van der Waals surface area contributed by atoms with E-state index in [9.17, 15) is 14.4 Å². The summed E-state index contributed by atoms with van der Waals surface area (Å²) in [5.41, 5.74) is 0.899. The fraction of sp³-hybridized carbons (Fsp3) is 0.667. The molecule has 1 saturated heterocycles. The molecule has 1 aliphatic heterocycles. The van der Waals surface area contributed by atoms with Gasteiger partial charge in [-0.2, -0.15) is 12.6 Å². The Morgan fingerprint density at radius 1 is 1.15 bits per heavy atom. The molecule has 27 heavy (non-hydrogen) atoms. The van der Waals surface area contributed by atoms with Crippen LogP contribution in [-0.4, -0.2) is 70.9 Å². The highest BCUT2D eigenvalue weighted by atomic mass is 32.1. The lowest BCUT2D eigenvalue weighted by Gasteiger charge is -2.34. The number of aromatic nitrogens is 1. The Hall–Kier alpha value is -1.45. The zero-order valence-electron chi connectivity index (χ0n) is 15.8. The Morgan fingerprint density at radius 2 is 1.85 bits per heavy atom. The van der Waals surface area contributed by atoms with Crippen LogP contribution in [0, 0.1) is 6.92 Å². The molecule has 9 heteroatoms. The molecule has 1 aromatic heterocycles. The molecule has 0 unspecified atom stereocenters. The Balaban J connectivity index is 1.59. The van der Waals surface area contributed by atoms with Crippen LogP contribution in [0.3, 0.4) is 0 Å². The van der Waals surface area contributed by atoms with E-state index in [2.05, 4.69) is 27.8 Å². The second-order valence-electron chi connectivity index (χ2n) is 6.76. The van der Waals surface area contributed by atoms with E-state index in [1.54, 1.807) is 0 Å². The Labute approximate surface area is 169 Å². The minimum atomic E-state index is -0.0695. The monoisotopic (exact) mass is 412 g/mol. The van der Waals surface area contributed by atoms with E-state index in [4.69, 9.17) is 0 Å². The molecule has 0 bridgehead atoms. The summed E-state index contributed by atoms with van der Waals surface area (Å²) in [6.45, 7) is 4.92. The van der Waals surface area contributed by atoms with Crippen LogP contribution in [0.25, 0.3) is 0 Å². The van der Waals surface area contributed by atoms with Crippen molar-refractivity contribution in [2.45, 2.75) is 39.0 Å². The van der Waals surface area contributed by atoms with Gasteiger partial charge in [-0.3, -0.25) is 19.3 Å². The van der Waals surface area contributed by atoms with Gasteiger partial charge >= 0.3 is 0 Å². The number of anilines is 1. The van der Waals surface area contributed by atoms with Crippen molar-refractivity contribution < 1.29 is 14.4 Å². The van der Waals surface area contributed by atoms with Crippen LogP contribution in [0.2, 0.25) is 0 Å². The third-order valence-corrected chi connectivity index (χ3v) is 5.71. The molecule has 1 fully saturated rings. The molecule has 2 amide bonds. The van der Waals surface area contributed by atoms with Crippen molar-refractivity contribution in [3.8, 4) is 0 Å². The van der Waals surface area contributed by atoms with Gasteiger partial charge in [0.15, 0.2) is 5.13 Å². The number of nitrogens with zero attached hydrogens (tertiary/aromatic N) is 3. The third kappa shape index (κ3) is 7.98. The number of thiol groups is 1. The molecule has 1 aliphatic rings. The topological polar surface area (TPSA) is 82.6 Å². The third-order valence-electron chi connectivity index (χ3n) is 4.48. The maximum absolute atomic E-state index is 12.3. The number of ketones is 1. The summed E-state index contributed by atoms with van der Waals surface area (Å²) in [5, 5.41) is 5.34. The molecule has 0 aliphatic carbocycles. The number of carbonyl (C=O) groups excluding carboxylic acids is 3. The molecule has 7 nitrogen and oxygen atoms in total. The van der Waals surface area contributed by atoms with E-state index in [1.807, 2.05) is 17.2 Å². The summed E-state index contributed by atoms with van der Waals surface area (Å²) >= 11 is 5.38. The Kier molecular flexibility index (Phi) is 9.23. The molecular weight excluding hydrogens is 384 g/mol. The van der Waals surface area contributed by atoms with Crippen LogP contribution in [0.1, 0.15) is 37.8 Å². The van der Waals surface area contributed by atoms with Crippen molar-refractivity contribution in [1.82, 2.24) is 14.8 Å². The lowest BCUT2D eigenvalue weighted by Crippen LogP contribution is -2.50. The number of piperazine rings is 1. The van der Waals surface area contributed by atoms with Gasteiger partial charge in [-0.05, 0) is 19.8 Å². The number of carbonyl (C=O) groups is 3. The molecule has 0 aromatic carbocycles. The first-order valence-corrected chi connectivity index (χ1v) is 10.8. The average Bonchev–Trinajstić information content (AvgIpc) is 3.06. The first-order chi connectivity index (χ1) is 13.0. The molecule has 0 spiro atoms. The molecule has 2 heterocycles. The molecule has 1 aromatic rings. The van der Waals surface area contributed by atoms with Crippen molar-refractivity contribution in [3.05, 3.63) is 11.1 Å². The zero-order chi connectivity index (χ0) is 19.6. The molecule has 0 saturated carbocycles. The van der Waals surface area contributed by atoms with Crippen LogP contribution in [0.5, 0.6) is 0 Å². The van der Waals surface area contributed by atoms with Gasteiger partial charge in [0, 0.05) is 50.2 Å². The molecular formula is C18H28N4O3S2. The Bertz CT molecular complexity index is 642.